The number of aliphatic hydroxyl groups is 1. The lowest BCUT2D eigenvalue weighted by Crippen LogP contribution is -2.33. The van der Waals surface area contributed by atoms with Gasteiger partial charge in [0.1, 0.15) is 34.4 Å². The molecule has 0 unspecified atom stereocenters. The van der Waals surface area contributed by atoms with E-state index in [1.807, 2.05) is 20.8 Å². The molecule has 1 N–H and O–H groups in total. The van der Waals surface area contributed by atoms with Gasteiger partial charge in [-0.05, 0) is 82.9 Å². The molecule has 0 saturated heterocycles. The van der Waals surface area contributed by atoms with Crippen LogP contribution in [0.3, 0.4) is 0 Å². The fourth-order valence-corrected chi connectivity index (χ4v) is 6.42. The average Bonchev–Trinajstić information content (AvgIpc) is 2.88. The Morgan fingerprint density at radius 1 is 1.07 bits per heavy atom. The standard InChI is InChI=1S/C32H36O8S/c1-7-14-37-24-9-10-25(29(17-24)40-41(35,36)31-21(3)15-20(2)16-22(31)4)27(34)19-38-30-23(18-33)8-11-28-26(30)12-13-32(5,6)39-28/h7-11,15-17,33H,1,12-14,18-19H2,2-6H3. The molecule has 1 aliphatic rings. The minimum absolute atomic E-state index is 0.00896. The van der Waals surface area contributed by atoms with Crippen molar-refractivity contribution < 1.29 is 36.7 Å². The fraction of sp³-hybridized carbons (Fsp3) is 0.344. The van der Waals surface area contributed by atoms with Gasteiger partial charge in [-0.1, -0.05) is 30.4 Å². The quantitative estimate of drug-likeness (QED) is 0.172. The number of aliphatic hydroxyl groups excluding tert-OH is 1. The third-order valence-corrected chi connectivity index (χ3v) is 8.40. The van der Waals surface area contributed by atoms with E-state index in [9.17, 15) is 18.3 Å². The molecule has 218 valence electrons. The maximum atomic E-state index is 13.5. The lowest BCUT2D eigenvalue weighted by Gasteiger charge is -2.33. The SMILES string of the molecule is C=CCOc1ccc(C(=O)COc2c(CO)ccc3c2CCC(C)(C)O3)c(OS(=O)(=O)c2c(C)cc(C)cc2C)c1. The Morgan fingerprint density at radius 2 is 1.78 bits per heavy atom. The zero-order chi connectivity index (χ0) is 29.9. The van der Waals surface area contributed by atoms with Gasteiger partial charge in [-0.25, -0.2) is 0 Å². The van der Waals surface area contributed by atoms with Crippen molar-refractivity contribution >= 4 is 15.9 Å². The number of hydrogen-bond donors (Lipinski definition) is 1. The highest BCUT2D eigenvalue weighted by Gasteiger charge is 2.30. The summed E-state index contributed by atoms with van der Waals surface area (Å²) in [5.74, 6) is 0.650. The summed E-state index contributed by atoms with van der Waals surface area (Å²) >= 11 is 0. The van der Waals surface area contributed by atoms with Crippen molar-refractivity contribution in [3.05, 3.63) is 88.5 Å². The van der Waals surface area contributed by atoms with Gasteiger partial charge in [0, 0.05) is 17.2 Å². The summed E-state index contributed by atoms with van der Waals surface area (Å²) in [6.07, 6.45) is 2.93. The van der Waals surface area contributed by atoms with Crippen LogP contribution >= 0.6 is 0 Å². The summed E-state index contributed by atoms with van der Waals surface area (Å²) in [6.45, 7) is 12.4. The molecule has 4 rings (SSSR count). The van der Waals surface area contributed by atoms with Gasteiger partial charge in [-0.3, -0.25) is 4.79 Å². The molecule has 0 aromatic heterocycles. The van der Waals surface area contributed by atoms with Crippen molar-refractivity contribution in [1.82, 2.24) is 0 Å². The average molecular weight is 581 g/mol. The Balaban J connectivity index is 1.67. The Morgan fingerprint density at radius 3 is 2.44 bits per heavy atom. The van der Waals surface area contributed by atoms with Crippen LogP contribution in [0.15, 0.2) is 60.0 Å². The number of fused-ring (bicyclic) bond motifs is 1. The van der Waals surface area contributed by atoms with Crippen LogP contribution in [0.5, 0.6) is 23.0 Å². The Labute approximate surface area is 241 Å². The molecule has 0 saturated carbocycles. The van der Waals surface area contributed by atoms with Gasteiger partial charge < -0.3 is 23.5 Å². The third-order valence-electron chi connectivity index (χ3n) is 6.86. The van der Waals surface area contributed by atoms with Gasteiger partial charge in [-0.2, -0.15) is 8.42 Å². The number of hydrogen-bond acceptors (Lipinski definition) is 8. The molecule has 0 aliphatic carbocycles. The molecule has 0 atom stereocenters. The van der Waals surface area contributed by atoms with Crippen molar-refractivity contribution in [2.24, 2.45) is 0 Å². The maximum absolute atomic E-state index is 13.5. The molecule has 3 aromatic carbocycles. The first-order valence-electron chi connectivity index (χ1n) is 13.4. The van der Waals surface area contributed by atoms with Gasteiger partial charge in [0.15, 0.2) is 12.4 Å². The van der Waals surface area contributed by atoms with Crippen molar-refractivity contribution in [2.75, 3.05) is 13.2 Å². The molecule has 0 fully saturated rings. The van der Waals surface area contributed by atoms with Crippen LogP contribution in [-0.2, 0) is 23.1 Å². The summed E-state index contributed by atoms with van der Waals surface area (Å²) in [7, 11) is -4.30. The topological polar surface area (TPSA) is 108 Å². The van der Waals surface area contributed by atoms with Crippen LogP contribution in [-0.4, -0.2) is 38.1 Å². The van der Waals surface area contributed by atoms with Gasteiger partial charge in [0.25, 0.3) is 0 Å². The molecule has 3 aromatic rings. The molecule has 41 heavy (non-hydrogen) atoms. The van der Waals surface area contributed by atoms with E-state index in [4.69, 9.17) is 18.4 Å². The van der Waals surface area contributed by atoms with E-state index in [0.29, 0.717) is 40.4 Å². The van der Waals surface area contributed by atoms with Crippen molar-refractivity contribution in [2.45, 2.75) is 64.6 Å². The number of benzene rings is 3. The molecular formula is C32H36O8S. The number of carbonyl (C=O) groups is 1. The summed E-state index contributed by atoms with van der Waals surface area (Å²) < 4.78 is 50.2. The van der Waals surface area contributed by atoms with Crippen molar-refractivity contribution in [3.63, 3.8) is 0 Å². The maximum Gasteiger partial charge on any atom is 0.339 e. The van der Waals surface area contributed by atoms with Gasteiger partial charge in [0.05, 0.1) is 12.2 Å². The first-order chi connectivity index (χ1) is 19.3. The highest BCUT2D eigenvalue weighted by molar-refractivity contribution is 7.87. The lowest BCUT2D eigenvalue weighted by atomic mass is 9.92. The third kappa shape index (κ3) is 6.74. The number of Topliss-reactive ketones (excluding diaryl/α,β-unsaturated/α-hetero) is 1. The number of ketones is 1. The van der Waals surface area contributed by atoms with Crippen LogP contribution in [0.4, 0.5) is 0 Å². The minimum atomic E-state index is -4.30. The monoisotopic (exact) mass is 580 g/mol. The number of aryl methyl sites for hydroxylation is 3. The minimum Gasteiger partial charge on any atom is -0.489 e. The number of ether oxygens (including phenoxy) is 3. The molecule has 9 heteroatoms. The Hall–Kier alpha value is -3.82. The van der Waals surface area contributed by atoms with Crippen LogP contribution < -0.4 is 18.4 Å². The molecular weight excluding hydrogens is 544 g/mol. The van der Waals surface area contributed by atoms with Crippen LogP contribution in [0.25, 0.3) is 0 Å². The summed E-state index contributed by atoms with van der Waals surface area (Å²) in [5, 5.41) is 9.93. The molecule has 8 nitrogen and oxygen atoms in total. The second-order valence-electron chi connectivity index (χ2n) is 10.8. The van der Waals surface area contributed by atoms with Crippen LogP contribution in [0.2, 0.25) is 0 Å². The summed E-state index contributed by atoms with van der Waals surface area (Å²) in [6, 6.07) is 11.4. The Kier molecular flexibility index (Phi) is 8.80. The molecule has 1 aliphatic heterocycles. The predicted molar refractivity (Wildman–Crippen MR) is 156 cm³/mol. The zero-order valence-electron chi connectivity index (χ0n) is 24.1. The van der Waals surface area contributed by atoms with E-state index in [-0.39, 0.29) is 35.0 Å². The normalized spacial score (nSPS) is 14.0. The smallest absolute Gasteiger partial charge is 0.339 e. The van der Waals surface area contributed by atoms with E-state index in [1.165, 1.54) is 12.1 Å². The van der Waals surface area contributed by atoms with Gasteiger partial charge in [0.2, 0.25) is 5.78 Å². The van der Waals surface area contributed by atoms with E-state index in [1.54, 1.807) is 50.3 Å². The van der Waals surface area contributed by atoms with Gasteiger partial charge >= 0.3 is 10.1 Å². The molecule has 0 radical (unpaired) electrons. The lowest BCUT2D eigenvalue weighted by molar-refractivity contribution is 0.0813. The highest BCUT2D eigenvalue weighted by Crippen LogP contribution is 2.41. The number of carbonyl (C=O) groups excluding carboxylic acids is 1. The van der Waals surface area contributed by atoms with Crippen LogP contribution in [0.1, 0.15) is 58.4 Å². The summed E-state index contributed by atoms with van der Waals surface area (Å²) in [5.41, 5.74) is 2.96. The zero-order valence-corrected chi connectivity index (χ0v) is 24.9. The van der Waals surface area contributed by atoms with E-state index in [2.05, 4.69) is 6.58 Å². The van der Waals surface area contributed by atoms with Crippen LogP contribution in [0, 0.1) is 20.8 Å². The van der Waals surface area contributed by atoms with Gasteiger partial charge in [-0.15, -0.1) is 0 Å². The first-order valence-corrected chi connectivity index (χ1v) is 14.8. The molecule has 0 amide bonds. The largest absolute Gasteiger partial charge is 0.489 e. The van der Waals surface area contributed by atoms with Crippen molar-refractivity contribution in [1.29, 1.82) is 0 Å². The van der Waals surface area contributed by atoms with E-state index in [0.717, 1.165) is 17.5 Å². The summed E-state index contributed by atoms with van der Waals surface area (Å²) in [4.78, 5) is 13.5. The van der Waals surface area contributed by atoms with E-state index < -0.39 is 22.5 Å². The predicted octanol–water partition coefficient (Wildman–Crippen LogP) is 5.80. The molecule has 0 bridgehead atoms. The molecule has 0 spiro atoms. The fourth-order valence-electron chi connectivity index (χ4n) is 5.05. The van der Waals surface area contributed by atoms with E-state index >= 15 is 0 Å². The first kappa shape index (κ1) is 30.1. The Bertz CT molecular complexity index is 1560. The highest BCUT2D eigenvalue weighted by atomic mass is 32.2. The van der Waals surface area contributed by atoms with Crippen molar-refractivity contribution in [3.8, 4) is 23.0 Å². The number of rotatable bonds is 11. The second kappa shape index (κ2) is 12.0. The second-order valence-corrected chi connectivity index (χ2v) is 12.3. The molecule has 1 heterocycles.